The first-order chi connectivity index (χ1) is 14.6. The number of benzene rings is 1. The van der Waals surface area contributed by atoms with Crippen molar-refractivity contribution in [2.75, 3.05) is 7.11 Å². The van der Waals surface area contributed by atoms with Crippen LogP contribution in [0.5, 0.6) is 5.75 Å². The van der Waals surface area contributed by atoms with Gasteiger partial charge in [-0.05, 0) is 63.2 Å². The molecule has 8 nitrogen and oxygen atoms in total. The third-order valence-electron chi connectivity index (χ3n) is 4.28. The molecule has 0 atom stereocenters. The molecule has 0 spiro atoms. The zero-order valence-corrected chi connectivity index (χ0v) is 18.7. The molecule has 0 aliphatic heterocycles. The van der Waals surface area contributed by atoms with E-state index < -0.39 is 15.6 Å². The first-order valence-electron chi connectivity index (χ1n) is 9.65. The highest BCUT2D eigenvalue weighted by Crippen LogP contribution is 2.27. The number of amides is 1. The van der Waals surface area contributed by atoms with Crippen LogP contribution >= 0.6 is 0 Å². The Morgan fingerprint density at radius 1 is 1.03 bits per heavy atom. The Balaban J connectivity index is 1.97. The normalized spacial score (nSPS) is 12.0. The summed E-state index contributed by atoms with van der Waals surface area (Å²) in [5.41, 5.74) is -0.498. The molecule has 0 aliphatic carbocycles. The van der Waals surface area contributed by atoms with E-state index in [4.69, 9.17) is 13.6 Å². The lowest BCUT2D eigenvalue weighted by Crippen LogP contribution is -2.40. The molecule has 2 heterocycles. The minimum atomic E-state index is -3.93. The average molecular weight is 447 g/mol. The predicted octanol–water partition coefficient (Wildman–Crippen LogP) is 3.80. The Bertz CT molecular complexity index is 1080. The molecule has 0 bridgehead atoms. The van der Waals surface area contributed by atoms with Gasteiger partial charge in [-0.2, -0.15) is 0 Å². The zero-order valence-electron chi connectivity index (χ0n) is 17.9. The van der Waals surface area contributed by atoms with E-state index in [1.807, 2.05) is 0 Å². The number of hydrogen-bond donors (Lipinski definition) is 1. The maximum atomic E-state index is 13.3. The van der Waals surface area contributed by atoms with Gasteiger partial charge in [-0.25, -0.2) is 13.1 Å². The molecule has 0 radical (unpaired) electrons. The molecule has 0 aliphatic rings. The zero-order chi connectivity index (χ0) is 22.6. The molecule has 1 amide bonds. The van der Waals surface area contributed by atoms with E-state index in [9.17, 15) is 13.2 Å². The molecule has 0 saturated carbocycles. The van der Waals surface area contributed by atoms with E-state index in [1.165, 1.54) is 42.7 Å². The fourth-order valence-corrected chi connectivity index (χ4v) is 4.66. The van der Waals surface area contributed by atoms with Crippen LogP contribution in [0.1, 0.15) is 42.6 Å². The molecule has 0 fully saturated rings. The molecular formula is C22H26N2O6S. The minimum Gasteiger partial charge on any atom is -0.495 e. The van der Waals surface area contributed by atoms with Crippen LogP contribution in [0, 0.1) is 0 Å². The number of nitrogens with one attached hydrogen (secondary N) is 1. The van der Waals surface area contributed by atoms with Crippen molar-refractivity contribution in [3.63, 3.8) is 0 Å². The molecule has 1 aromatic carbocycles. The summed E-state index contributed by atoms with van der Waals surface area (Å²) in [6.45, 7) is 5.60. The number of methoxy groups -OCH3 is 1. The van der Waals surface area contributed by atoms with Crippen LogP contribution in [-0.4, -0.2) is 31.9 Å². The fraction of sp³-hybridized carbons (Fsp3) is 0.318. The van der Waals surface area contributed by atoms with Crippen molar-refractivity contribution in [2.24, 2.45) is 0 Å². The van der Waals surface area contributed by atoms with Crippen molar-refractivity contribution in [1.29, 1.82) is 0 Å². The lowest BCUT2D eigenvalue weighted by molar-refractivity contribution is 0.0704. The van der Waals surface area contributed by atoms with Crippen LogP contribution in [0.15, 0.2) is 68.7 Å². The van der Waals surface area contributed by atoms with E-state index in [0.717, 1.165) is 0 Å². The number of ether oxygens (including phenoxy) is 1. The molecule has 166 valence electrons. The average Bonchev–Trinajstić information content (AvgIpc) is 3.39. The van der Waals surface area contributed by atoms with E-state index >= 15 is 0 Å². The summed E-state index contributed by atoms with van der Waals surface area (Å²) in [7, 11) is -2.54. The predicted molar refractivity (Wildman–Crippen MR) is 114 cm³/mol. The van der Waals surface area contributed by atoms with E-state index in [2.05, 4.69) is 4.72 Å². The Morgan fingerprint density at radius 2 is 1.61 bits per heavy atom. The topological polar surface area (TPSA) is 102 Å². The summed E-state index contributed by atoms with van der Waals surface area (Å²) in [6, 6.07) is 11.3. The summed E-state index contributed by atoms with van der Waals surface area (Å²) < 4.78 is 44.5. The molecule has 9 heteroatoms. The van der Waals surface area contributed by atoms with Crippen molar-refractivity contribution >= 4 is 15.9 Å². The Hall–Kier alpha value is -3.04. The Morgan fingerprint density at radius 3 is 2.06 bits per heavy atom. The number of rotatable bonds is 8. The van der Waals surface area contributed by atoms with Gasteiger partial charge < -0.3 is 18.5 Å². The maximum Gasteiger partial charge on any atom is 0.254 e. The number of carbonyl (C=O) groups is 1. The van der Waals surface area contributed by atoms with Crippen molar-refractivity contribution < 1.29 is 26.8 Å². The van der Waals surface area contributed by atoms with Gasteiger partial charge in [0.05, 0.1) is 32.7 Å². The van der Waals surface area contributed by atoms with Gasteiger partial charge >= 0.3 is 0 Å². The number of hydrogen-bond acceptors (Lipinski definition) is 6. The van der Waals surface area contributed by atoms with Crippen molar-refractivity contribution in [1.82, 2.24) is 9.62 Å². The third-order valence-corrected chi connectivity index (χ3v) is 6.06. The van der Waals surface area contributed by atoms with Gasteiger partial charge in [0.2, 0.25) is 10.0 Å². The summed E-state index contributed by atoms with van der Waals surface area (Å²) in [4.78, 5) is 14.8. The molecule has 0 saturated heterocycles. The maximum absolute atomic E-state index is 13.3. The summed E-state index contributed by atoms with van der Waals surface area (Å²) in [5, 5.41) is 0. The fourth-order valence-electron chi connectivity index (χ4n) is 3.04. The van der Waals surface area contributed by atoms with Gasteiger partial charge in [-0.3, -0.25) is 4.79 Å². The first kappa shape index (κ1) is 22.6. The standard InChI is InChI=1S/C22H26N2O6S/c1-22(2,3)23-31(26,27)20-13-16(9-10-19(20)28-4)21(25)24(14-17-7-5-11-29-17)15-18-8-6-12-30-18/h5-13,23H,14-15H2,1-4H3. The smallest absolute Gasteiger partial charge is 0.254 e. The number of sulfonamides is 1. The second-order valence-corrected chi connectivity index (χ2v) is 9.69. The summed E-state index contributed by atoms with van der Waals surface area (Å²) in [6.07, 6.45) is 3.06. The lowest BCUT2D eigenvalue weighted by Gasteiger charge is -2.23. The van der Waals surface area contributed by atoms with Gasteiger partial charge in [-0.1, -0.05) is 0 Å². The SMILES string of the molecule is COc1ccc(C(=O)N(Cc2ccco2)Cc2ccco2)cc1S(=O)(=O)NC(C)(C)C. The molecule has 3 rings (SSSR count). The van der Waals surface area contributed by atoms with Crippen molar-refractivity contribution in [3.05, 3.63) is 72.1 Å². The highest BCUT2D eigenvalue weighted by atomic mass is 32.2. The van der Waals surface area contributed by atoms with Crippen LogP contribution in [0.2, 0.25) is 0 Å². The summed E-state index contributed by atoms with van der Waals surface area (Å²) >= 11 is 0. The van der Waals surface area contributed by atoms with Crippen LogP contribution < -0.4 is 9.46 Å². The Kier molecular flexibility index (Phi) is 6.56. The molecular weight excluding hydrogens is 420 g/mol. The van der Waals surface area contributed by atoms with Crippen molar-refractivity contribution in [3.8, 4) is 5.75 Å². The van der Waals surface area contributed by atoms with E-state index in [0.29, 0.717) is 11.5 Å². The number of nitrogens with zero attached hydrogens (tertiary/aromatic N) is 1. The molecule has 1 N–H and O–H groups in total. The van der Waals surface area contributed by atoms with Crippen LogP contribution in [0.3, 0.4) is 0 Å². The second kappa shape index (κ2) is 8.99. The highest BCUT2D eigenvalue weighted by Gasteiger charge is 2.28. The van der Waals surface area contributed by atoms with Crippen molar-refractivity contribution in [2.45, 2.75) is 44.3 Å². The van der Waals surface area contributed by atoms with E-state index in [-0.39, 0.29) is 35.2 Å². The molecule has 31 heavy (non-hydrogen) atoms. The van der Waals surface area contributed by atoms with Gasteiger partial charge in [0.25, 0.3) is 5.91 Å². The van der Waals surface area contributed by atoms with Crippen LogP contribution in [0.25, 0.3) is 0 Å². The number of carbonyl (C=O) groups excluding carboxylic acids is 1. The summed E-state index contributed by atoms with van der Waals surface area (Å²) in [5.74, 6) is 0.964. The molecule has 3 aromatic rings. The third kappa shape index (κ3) is 5.77. The Labute approximate surface area is 181 Å². The largest absolute Gasteiger partial charge is 0.495 e. The van der Waals surface area contributed by atoms with Gasteiger partial charge in [0.15, 0.2) is 0 Å². The monoisotopic (exact) mass is 446 g/mol. The van der Waals surface area contributed by atoms with Crippen LogP contribution in [-0.2, 0) is 23.1 Å². The van der Waals surface area contributed by atoms with Gasteiger partial charge in [0.1, 0.15) is 22.2 Å². The van der Waals surface area contributed by atoms with E-state index in [1.54, 1.807) is 45.0 Å². The molecule has 2 aromatic heterocycles. The highest BCUT2D eigenvalue weighted by molar-refractivity contribution is 7.89. The lowest BCUT2D eigenvalue weighted by atomic mass is 10.1. The van der Waals surface area contributed by atoms with Crippen LogP contribution in [0.4, 0.5) is 0 Å². The second-order valence-electron chi connectivity index (χ2n) is 8.04. The number of furan rings is 2. The molecule has 0 unspecified atom stereocenters. The first-order valence-corrected chi connectivity index (χ1v) is 11.1. The van der Waals surface area contributed by atoms with Gasteiger partial charge in [-0.15, -0.1) is 0 Å². The minimum absolute atomic E-state index is 0.105. The van der Waals surface area contributed by atoms with Gasteiger partial charge in [0, 0.05) is 11.1 Å². The quantitative estimate of drug-likeness (QED) is 0.565.